The van der Waals surface area contributed by atoms with Crippen LogP contribution in [0.3, 0.4) is 0 Å². The lowest BCUT2D eigenvalue weighted by Gasteiger charge is -2.30. The number of likely N-dealkylation sites (N-methyl/N-ethyl adjacent to an activating group) is 1. The van der Waals surface area contributed by atoms with Crippen LogP contribution in [0.2, 0.25) is 0 Å². The Labute approximate surface area is 217 Å². The Morgan fingerprint density at radius 3 is 2.53 bits per heavy atom. The van der Waals surface area contributed by atoms with Gasteiger partial charge in [0.25, 0.3) is 0 Å². The van der Waals surface area contributed by atoms with Gasteiger partial charge in [0, 0.05) is 19.6 Å². The Morgan fingerprint density at radius 2 is 1.86 bits per heavy atom. The third-order valence-electron chi connectivity index (χ3n) is 6.74. The first-order chi connectivity index (χ1) is 17.3. The molecule has 0 spiro atoms. The molecule has 0 aliphatic carbocycles. The highest BCUT2D eigenvalue weighted by atomic mass is 32.2. The minimum absolute atomic E-state index is 0.215. The van der Waals surface area contributed by atoms with E-state index in [1.54, 1.807) is 36.3 Å². The van der Waals surface area contributed by atoms with Crippen molar-refractivity contribution >= 4 is 42.6 Å². The van der Waals surface area contributed by atoms with Crippen LogP contribution in [-0.4, -0.2) is 74.4 Å². The molecule has 1 atom stereocenters. The Morgan fingerprint density at radius 1 is 1.14 bits per heavy atom. The van der Waals surface area contributed by atoms with E-state index in [1.165, 1.54) is 15.6 Å². The molecule has 0 bridgehead atoms. The van der Waals surface area contributed by atoms with Crippen LogP contribution < -0.4 is 9.64 Å². The number of hydrogen-bond donors (Lipinski definition) is 0. The molecule has 36 heavy (non-hydrogen) atoms. The molecule has 1 unspecified atom stereocenters. The summed E-state index contributed by atoms with van der Waals surface area (Å²) in [6, 6.07) is 11.7. The maximum atomic E-state index is 14.0. The van der Waals surface area contributed by atoms with Gasteiger partial charge in [0.2, 0.25) is 15.9 Å². The number of aromatic nitrogens is 1. The number of carbonyl (C=O) groups is 1. The number of thiazole rings is 1. The van der Waals surface area contributed by atoms with E-state index in [9.17, 15) is 13.2 Å². The first-order valence-electron chi connectivity index (χ1n) is 12.4. The van der Waals surface area contributed by atoms with Crippen molar-refractivity contribution in [2.75, 3.05) is 44.7 Å². The fourth-order valence-corrected chi connectivity index (χ4v) is 7.24. The van der Waals surface area contributed by atoms with E-state index in [2.05, 4.69) is 18.7 Å². The van der Waals surface area contributed by atoms with Gasteiger partial charge in [-0.2, -0.15) is 4.31 Å². The van der Waals surface area contributed by atoms with Gasteiger partial charge in [-0.25, -0.2) is 13.4 Å². The topological polar surface area (TPSA) is 83.0 Å². The summed E-state index contributed by atoms with van der Waals surface area (Å²) >= 11 is 1.42. The molecule has 0 N–H and O–H groups in total. The molecule has 1 saturated heterocycles. The summed E-state index contributed by atoms with van der Waals surface area (Å²) in [7, 11) is -2.20. The van der Waals surface area contributed by atoms with E-state index >= 15 is 0 Å². The van der Waals surface area contributed by atoms with Crippen molar-refractivity contribution in [1.82, 2.24) is 14.2 Å². The molecule has 10 heteroatoms. The smallest absolute Gasteiger partial charge is 0.247 e. The molecule has 1 aliphatic rings. The zero-order chi connectivity index (χ0) is 25.9. The van der Waals surface area contributed by atoms with E-state index < -0.39 is 16.1 Å². The van der Waals surface area contributed by atoms with E-state index in [0.717, 1.165) is 23.4 Å². The molecule has 2 heterocycles. The number of nitrogens with zero attached hydrogens (tertiary/aromatic N) is 4. The predicted molar refractivity (Wildman–Crippen MR) is 144 cm³/mol. The molecule has 1 aliphatic heterocycles. The average Bonchev–Trinajstić information content (AvgIpc) is 3.54. The van der Waals surface area contributed by atoms with Gasteiger partial charge in [0.15, 0.2) is 5.13 Å². The standard InChI is InChI=1S/C26H34N4O4S2/c1-5-28(6-2)17-18-29(26-27-24-22(34-4)10-7-11-23(24)35-26)25(31)21-9-8-16-30(21)36(32,33)20-14-12-19(3)13-15-20/h7,10-15,21H,5-6,8-9,16-18H2,1-4H3. The second kappa shape index (κ2) is 11.2. The van der Waals surface area contributed by atoms with Gasteiger partial charge >= 0.3 is 0 Å². The third-order valence-corrected chi connectivity index (χ3v) is 9.70. The Kier molecular flexibility index (Phi) is 8.29. The van der Waals surface area contributed by atoms with E-state index in [4.69, 9.17) is 9.72 Å². The zero-order valence-corrected chi connectivity index (χ0v) is 22.9. The number of fused-ring (bicyclic) bond motifs is 1. The molecular weight excluding hydrogens is 496 g/mol. The Balaban J connectivity index is 1.69. The molecule has 2 aromatic carbocycles. The Bertz CT molecular complexity index is 1300. The number of benzene rings is 2. The first kappa shape index (κ1) is 26.5. The van der Waals surface area contributed by atoms with Crippen molar-refractivity contribution in [2.24, 2.45) is 0 Å². The average molecular weight is 531 g/mol. The van der Waals surface area contributed by atoms with Crippen molar-refractivity contribution in [3.05, 3.63) is 48.0 Å². The van der Waals surface area contributed by atoms with Crippen LogP contribution in [0.25, 0.3) is 10.2 Å². The number of hydrogen-bond acceptors (Lipinski definition) is 7. The highest BCUT2D eigenvalue weighted by Gasteiger charge is 2.42. The molecule has 4 rings (SSSR count). The van der Waals surface area contributed by atoms with Crippen molar-refractivity contribution in [1.29, 1.82) is 0 Å². The summed E-state index contributed by atoms with van der Waals surface area (Å²) in [6.45, 7) is 9.24. The first-order valence-corrected chi connectivity index (χ1v) is 14.6. The van der Waals surface area contributed by atoms with E-state index in [0.29, 0.717) is 48.9 Å². The number of amides is 1. The van der Waals surface area contributed by atoms with Crippen molar-refractivity contribution in [3.63, 3.8) is 0 Å². The number of para-hydroxylation sites is 1. The highest BCUT2D eigenvalue weighted by Crippen LogP contribution is 2.36. The lowest BCUT2D eigenvalue weighted by molar-refractivity contribution is -0.121. The van der Waals surface area contributed by atoms with Crippen molar-refractivity contribution < 1.29 is 17.9 Å². The normalized spacial score (nSPS) is 16.6. The summed E-state index contributed by atoms with van der Waals surface area (Å²) in [5, 5.41) is 0.561. The molecule has 0 saturated carbocycles. The maximum Gasteiger partial charge on any atom is 0.247 e. The van der Waals surface area contributed by atoms with E-state index in [-0.39, 0.29) is 10.8 Å². The lowest BCUT2D eigenvalue weighted by Crippen LogP contribution is -2.49. The number of ether oxygens (including phenoxy) is 1. The van der Waals surface area contributed by atoms with Gasteiger partial charge in [0.05, 0.1) is 16.7 Å². The van der Waals surface area contributed by atoms with Crippen LogP contribution in [0.15, 0.2) is 47.4 Å². The molecule has 0 radical (unpaired) electrons. The fraction of sp³-hybridized carbons (Fsp3) is 0.462. The number of carbonyl (C=O) groups excluding carboxylic acids is 1. The Hall–Kier alpha value is -2.53. The monoisotopic (exact) mass is 530 g/mol. The minimum Gasteiger partial charge on any atom is -0.494 e. The second-order valence-electron chi connectivity index (χ2n) is 8.91. The second-order valence-corrected chi connectivity index (χ2v) is 11.8. The number of rotatable bonds is 10. The van der Waals surface area contributed by atoms with Gasteiger partial charge in [-0.15, -0.1) is 0 Å². The number of methoxy groups -OCH3 is 1. The number of sulfonamides is 1. The summed E-state index contributed by atoms with van der Waals surface area (Å²) in [5.41, 5.74) is 1.69. The maximum absolute atomic E-state index is 14.0. The summed E-state index contributed by atoms with van der Waals surface area (Å²) in [5.74, 6) is 0.420. The SMILES string of the molecule is CCN(CC)CCN(C(=O)C1CCCN1S(=O)(=O)c1ccc(C)cc1)c1nc2c(OC)cccc2s1. The summed E-state index contributed by atoms with van der Waals surface area (Å²) in [6.07, 6.45) is 1.12. The van der Waals surface area contributed by atoms with Gasteiger partial charge < -0.3 is 9.64 Å². The molecule has 1 fully saturated rings. The zero-order valence-electron chi connectivity index (χ0n) is 21.3. The fourth-order valence-electron chi connectivity index (χ4n) is 4.57. The van der Waals surface area contributed by atoms with Crippen LogP contribution in [0, 0.1) is 6.92 Å². The van der Waals surface area contributed by atoms with Crippen LogP contribution in [0.4, 0.5) is 5.13 Å². The molecule has 1 amide bonds. The van der Waals surface area contributed by atoms with Gasteiger partial charge in [-0.05, 0) is 57.1 Å². The number of aryl methyl sites for hydroxylation is 1. The molecule has 8 nitrogen and oxygen atoms in total. The summed E-state index contributed by atoms with van der Waals surface area (Å²) < 4.78 is 34.8. The van der Waals surface area contributed by atoms with Crippen LogP contribution >= 0.6 is 11.3 Å². The van der Waals surface area contributed by atoms with E-state index in [1.807, 2.05) is 25.1 Å². The van der Waals surface area contributed by atoms with Gasteiger partial charge in [-0.3, -0.25) is 9.69 Å². The van der Waals surface area contributed by atoms with Crippen LogP contribution in [-0.2, 0) is 14.8 Å². The van der Waals surface area contributed by atoms with Gasteiger partial charge in [0.1, 0.15) is 17.3 Å². The molecule has 3 aromatic rings. The van der Waals surface area contributed by atoms with Crippen LogP contribution in [0.1, 0.15) is 32.3 Å². The quantitative estimate of drug-likeness (QED) is 0.392. The minimum atomic E-state index is -3.80. The van der Waals surface area contributed by atoms with Crippen molar-refractivity contribution in [3.8, 4) is 5.75 Å². The highest BCUT2D eigenvalue weighted by molar-refractivity contribution is 7.89. The summed E-state index contributed by atoms with van der Waals surface area (Å²) in [4.78, 5) is 23.0. The molecule has 194 valence electrons. The lowest BCUT2D eigenvalue weighted by atomic mass is 10.2. The molecule has 1 aromatic heterocycles. The number of anilines is 1. The largest absolute Gasteiger partial charge is 0.494 e. The third kappa shape index (κ3) is 5.27. The predicted octanol–water partition coefficient (Wildman–Crippen LogP) is 4.14. The molecular formula is C26H34N4O4S2. The van der Waals surface area contributed by atoms with Crippen LogP contribution in [0.5, 0.6) is 5.75 Å². The van der Waals surface area contributed by atoms with Crippen molar-refractivity contribution in [2.45, 2.75) is 44.6 Å². The van der Waals surface area contributed by atoms with Gasteiger partial charge in [-0.1, -0.05) is 48.9 Å².